The van der Waals surface area contributed by atoms with Crippen LogP contribution in [0, 0.1) is 5.92 Å². The van der Waals surface area contributed by atoms with E-state index >= 15 is 0 Å². The lowest BCUT2D eigenvalue weighted by Crippen LogP contribution is -2.27. The average molecular weight is 287 g/mol. The van der Waals surface area contributed by atoms with Gasteiger partial charge in [0, 0.05) is 24.9 Å². The third-order valence-corrected chi connectivity index (χ3v) is 3.21. The number of rotatable bonds is 10. The Morgan fingerprint density at radius 3 is 2.79 bits per heavy atom. The van der Waals surface area contributed by atoms with Gasteiger partial charge in [-0.05, 0) is 16.3 Å². The van der Waals surface area contributed by atoms with Crippen molar-refractivity contribution in [3.05, 3.63) is 0 Å². The average Bonchev–Trinajstić information content (AvgIpc) is 2.75. The van der Waals surface area contributed by atoms with Crippen molar-refractivity contribution in [2.45, 2.75) is 45.4 Å². The van der Waals surface area contributed by atoms with E-state index in [1.165, 1.54) is 0 Å². The number of thioether (sulfide) groups is 1. The molecule has 0 atom stereocenters. The van der Waals surface area contributed by atoms with E-state index in [1.54, 1.807) is 11.8 Å². The molecule has 1 heterocycles. The molecular weight excluding hydrogens is 262 g/mol. The molecule has 7 heteroatoms. The van der Waals surface area contributed by atoms with E-state index in [2.05, 4.69) is 48.5 Å². The fraction of sp³-hybridized carbons (Fsp3) is 0.917. The molecule has 0 aliphatic heterocycles. The van der Waals surface area contributed by atoms with E-state index in [0.717, 1.165) is 37.2 Å². The van der Waals surface area contributed by atoms with E-state index in [-0.39, 0.29) is 0 Å². The summed E-state index contributed by atoms with van der Waals surface area (Å²) in [7, 11) is 0. The summed E-state index contributed by atoms with van der Waals surface area (Å²) in [6.45, 7) is 11.8. The second-order valence-corrected chi connectivity index (χ2v) is 6.17. The molecule has 0 fully saturated rings. The number of nitrogens with zero attached hydrogens (tertiary/aromatic N) is 4. The summed E-state index contributed by atoms with van der Waals surface area (Å²) in [4.78, 5) is 0. The van der Waals surface area contributed by atoms with Crippen LogP contribution in [0.4, 0.5) is 0 Å². The molecule has 1 rings (SSSR count). The Balaban J connectivity index is 2.21. The van der Waals surface area contributed by atoms with Crippen LogP contribution in [-0.4, -0.2) is 51.8 Å². The number of aromatic nitrogens is 4. The smallest absolute Gasteiger partial charge is 0.209 e. The minimum absolute atomic E-state index is 0.483. The van der Waals surface area contributed by atoms with Crippen LogP contribution >= 0.6 is 11.8 Å². The van der Waals surface area contributed by atoms with Crippen molar-refractivity contribution in [3.63, 3.8) is 0 Å². The van der Waals surface area contributed by atoms with Gasteiger partial charge in [0.2, 0.25) is 5.16 Å². The van der Waals surface area contributed by atoms with Gasteiger partial charge < -0.3 is 10.1 Å². The zero-order valence-electron chi connectivity index (χ0n) is 12.3. The van der Waals surface area contributed by atoms with Crippen molar-refractivity contribution in [1.82, 2.24) is 25.5 Å². The Morgan fingerprint density at radius 1 is 1.32 bits per heavy atom. The van der Waals surface area contributed by atoms with Gasteiger partial charge in [0.15, 0.2) is 0 Å². The van der Waals surface area contributed by atoms with Crippen LogP contribution in [0.15, 0.2) is 5.16 Å². The normalized spacial score (nSPS) is 11.7. The van der Waals surface area contributed by atoms with Gasteiger partial charge in [-0.2, -0.15) is 0 Å². The van der Waals surface area contributed by atoms with Gasteiger partial charge in [-0.1, -0.05) is 39.5 Å². The van der Waals surface area contributed by atoms with E-state index in [9.17, 15) is 0 Å². The van der Waals surface area contributed by atoms with Crippen molar-refractivity contribution < 1.29 is 4.74 Å². The summed E-state index contributed by atoms with van der Waals surface area (Å²) in [6.07, 6.45) is 0. The zero-order valence-corrected chi connectivity index (χ0v) is 13.1. The first-order valence-electron chi connectivity index (χ1n) is 6.79. The number of ether oxygens (including phenoxy) is 1. The monoisotopic (exact) mass is 287 g/mol. The molecule has 0 bridgehead atoms. The molecule has 0 radical (unpaired) electrons. The third-order valence-electron chi connectivity index (χ3n) is 2.29. The van der Waals surface area contributed by atoms with Gasteiger partial charge in [-0.15, -0.1) is 5.10 Å². The van der Waals surface area contributed by atoms with Gasteiger partial charge in [0.1, 0.15) is 0 Å². The molecule has 0 saturated heterocycles. The summed E-state index contributed by atoms with van der Waals surface area (Å²) in [6, 6.07) is 0.483. The Morgan fingerprint density at radius 2 is 2.11 bits per heavy atom. The van der Waals surface area contributed by atoms with Crippen LogP contribution in [0.1, 0.15) is 27.7 Å². The quantitative estimate of drug-likeness (QED) is 0.519. The number of nitrogens with one attached hydrogen (secondary N) is 1. The predicted octanol–water partition coefficient (Wildman–Crippen LogP) is 1.44. The van der Waals surface area contributed by atoms with Crippen LogP contribution < -0.4 is 5.32 Å². The third kappa shape index (κ3) is 7.49. The van der Waals surface area contributed by atoms with Crippen LogP contribution in [-0.2, 0) is 11.3 Å². The SMILES string of the molecule is CC(C)COCCSc1nnnn1CCNC(C)C. The Labute approximate surface area is 119 Å². The number of hydrogen-bond acceptors (Lipinski definition) is 6. The fourth-order valence-corrected chi connectivity index (χ4v) is 2.17. The molecule has 0 aliphatic carbocycles. The molecule has 0 spiro atoms. The lowest BCUT2D eigenvalue weighted by Gasteiger charge is -2.09. The second-order valence-electron chi connectivity index (χ2n) is 5.11. The molecule has 1 aromatic rings. The van der Waals surface area contributed by atoms with Crippen LogP contribution in [0.2, 0.25) is 0 Å². The zero-order chi connectivity index (χ0) is 14.1. The van der Waals surface area contributed by atoms with Gasteiger partial charge in [0.05, 0.1) is 13.2 Å². The number of hydrogen-bond donors (Lipinski definition) is 1. The molecule has 1 aromatic heterocycles. The molecule has 0 aromatic carbocycles. The van der Waals surface area contributed by atoms with Crippen molar-refractivity contribution in [2.75, 3.05) is 25.5 Å². The summed E-state index contributed by atoms with van der Waals surface area (Å²) in [5, 5.41) is 16.0. The first-order chi connectivity index (χ1) is 9.09. The molecule has 19 heavy (non-hydrogen) atoms. The van der Waals surface area contributed by atoms with E-state index in [1.807, 2.05) is 4.68 Å². The fourth-order valence-electron chi connectivity index (χ4n) is 1.41. The van der Waals surface area contributed by atoms with E-state index in [4.69, 9.17) is 4.74 Å². The van der Waals surface area contributed by atoms with Crippen LogP contribution in [0.3, 0.4) is 0 Å². The Kier molecular flexibility index (Phi) is 8.00. The maximum absolute atomic E-state index is 5.53. The Hall–Kier alpha value is -0.660. The molecule has 1 N–H and O–H groups in total. The van der Waals surface area contributed by atoms with E-state index in [0.29, 0.717) is 12.0 Å². The maximum Gasteiger partial charge on any atom is 0.209 e. The van der Waals surface area contributed by atoms with Crippen molar-refractivity contribution >= 4 is 11.8 Å². The summed E-state index contributed by atoms with van der Waals surface area (Å²) in [5.74, 6) is 1.46. The first-order valence-corrected chi connectivity index (χ1v) is 7.78. The Bertz CT molecular complexity index is 343. The number of tetrazole rings is 1. The lowest BCUT2D eigenvalue weighted by atomic mass is 10.2. The van der Waals surface area contributed by atoms with Crippen molar-refractivity contribution in [3.8, 4) is 0 Å². The molecular formula is C12H25N5OS. The van der Waals surface area contributed by atoms with E-state index < -0.39 is 0 Å². The summed E-state index contributed by atoms with van der Waals surface area (Å²) < 4.78 is 7.37. The molecule has 0 aliphatic rings. The molecule has 6 nitrogen and oxygen atoms in total. The van der Waals surface area contributed by atoms with Crippen molar-refractivity contribution in [1.29, 1.82) is 0 Å². The second kappa shape index (κ2) is 9.28. The largest absolute Gasteiger partial charge is 0.380 e. The summed E-state index contributed by atoms with van der Waals surface area (Å²) >= 11 is 1.64. The molecule has 110 valence electrons. The highest BCUT2D eigenvalue weighted by Gasteiger charge is 2.06. The van der Waals surface area contributed by atoms with Gasteiger partial charge in [-0.25, -0.2) is 4.68 Å². The van der Waals surface area contributed by atoms with Gasteiger partial charge >= 0.3 is 0 Å². The molecule has 0 saturated carbocycles. The molecule has 0 unspecified atom stereocenters. The van der Waals surface area contributed by atoms with Gasteiger partial charge in [0.25, 0.3) is 0 Å². The minimum atomic E-state index is 0.483. The topological polar surface area (TPSA) is 64.9 Å². The highest BCUT2D eigenvalue weighted by Crippen LogP contribution is 2.12. The first kappa shape index (κ1) is 16.4. The van der Waals surface area contributed by atoms with Crippen LogP contribution in [0.25, 0.3) is 0 Å². The lowest BCUT2D eigenvalue weighted by molar-refractivity contribution is 0.124. The maximum atomic E-state index is 5.53. The van der Waals surface area contributed by atoms with Gasteiger partial charge in [-0.3, -0.25) is 0 Å². The molecule has 0 amide bonds. The minimum Gasteiger partial charge on any atom is -0.380 e. The highest BCUT2D eigenvalue weighted by atomic mass is 32.2. The van der Waals surface area contributed by atoms with Crippen molar-refractivity contribution in [2.24, 2.45) is 5.92 Å². The standard InChI is InChI=1S/C12H25N5OS/c1-10(2)9-18-7-8-19-12-14-15-16-17(12)6-5-13-11(3)4/h10-11,13H,5-9H2,1-4H3. The summed E-state index contributed by atoms with van der Waals surface area (Å²) in [5.41, 5.74) is 0. The highest BCUT2D eigenvalue weighted by molar-refractivity contribution is 7.99. The predicted molar refractivity (Wildman–Crippen MR) is 77.3 cm³/mol. The van der Waals surface area contributed by atoms with Crippen LogP contribution in [0.5, 0.6) is 0 Å².